The first-order valence-corrected chi connectivity index (χ1v) is 12.4. The van der Waals surface area contributed by atoms with Crippen molar-refractivity contribution in [1.82, 2.24) is 19.5 Å². The minimum absolute atomic E-state index is 0.249. The van der Waals surface area contributed by atoms with Crippen molar-refractivity contribution in [3.05, 3.63) is 66.5 Å². The number of carbonyl (C=O) groups is 1. The third-order valence-corrected chi connectivity index (χ3v) is 6.68. The molecule has 0 saturated carbocycles. The highest BCUT2D eigenvalue weighted by molar-refractivity contribution is 7.22. The number of aromatic nitrogens is 4. The number of hydrogen-bond donors (Lipinski definition) is 0. The molecule has 5 rings (SSSR count). The molecule has 9 heteroatoms. The first-order valence-electron chi connectivity index (χ1n) is 11.5. The average molecular weight is 502 g/mol. The topological polar surface area (TPSA) is 82.4 Å². The Balaban J connectivity index is 1.67. The van der Waals surface area contributed by atoms with Crippen LogP contribution in [-0.4, -0.2) is 38.3 Å². The highest BCUT2D eigenvalue weighted by Gasteiger charge is 2.29. The second kappa shape index (κ2) is 9.23. The number of anilines is 1. The Morgan fingerprint density at radius 1 is 1.06 bits per heavy atom. The lowest BCUT2D eigenvalue weighted by atomic mass is 10.2. The zero-order chi connectivity index (χ0) is 25.4. The van der Waals surface area contributed by atoms with E-state index >= 15 is 0 Å². The first kappa shape index (κ1) is 23.7. The first-order chi connectivity index (χ1) is 17.2. The van der Waals surface area contributed by atoms with E-state index in [1.807, 2.05) is 87.0 Å². The van der Waals surface area contributed by atoms with Crippen molar-refractivity contribution >= 4 is 44.6 Å². The van der Waals surface area contributed by atoms with Crippen molar-refractivity contribution in [3.63, 3.8) is 0 Å². The van der Waals surface area contributed by atoms with Crippen LogP contribution < -0.4 is 9.64 Å². The number of nitrogens with zero attached hydrogens (tertiary/aromatic N) is 5. The van der Waals surface area contributed by atoms with Gasteiger partial charge in [-0.05, 0) is 38.5 Å². The van der Waals surface area contributed by atoms with Crippen molar-refractivity contribution in [2.24, 2.45) is 7.05 Å². The van der Waals surface area contributed by atoms with Gasteiger partial charge in [0.25, 0.3) is 0 Å². The summed E-state index contributed by atoms with van der Waals surface area (Å²) in [5.41, 5.74) is 3.29. The maximum Gasteiger partial charge on any atom is 0.416 e. The van der Waals surface area contributed by atoms with Crippen LogP contribution >= 0.6 is 11.3 Å². The molecule has 36 heavy (non-hydrogen) atoms. The number of pyridine rings is 1. The Morgan fingerprint density at radius 2 is 1.78 bits per heavy atom. The number of hydrogen-bond acceptors (Lipinski definition) is 7. The summed E-state index contributed by atoms with van der Waals surface area (Å²) in [6.45, 7) is 5.78. The molecule has 3 heterocycles. The molecule has 3 aromatic heterocycles. The molecule has 0 aliphatic carbocycles. The van der Waals surface area contributed by atoms with E-state index in [1.165, 1.54) is 4.90 Å². The highest BCUT2D eigenvalue weighted by Crippen LogP contribution is 2.37. The number of rotatable bonds is 5. The van der Waals surface area contributed by atoms with Gasteiger partial charge in [0.1, 0.15) is 26.6 Å². The Bertz CT molecular complexity index is 1540. The standard InChI is InChI=1S/C27H27N5O3S/c1-27(2,3)35-26(33)32(15-17-11-13-19(34-5)14-12-17)24-20-21(31(4)16-28-20)22-23(29-24)30-25(36-22)18-9-7-6-8-10-18/h6-14,16H,15H2,1-5H3. The summed E-state index contributed by atoms with van der Waals surface area (Å²) < 4.78 is 13.9. The number of imidazole rings is 1. The van der Waals surface area contributed by atoms with Crippen LogP contribution in [0.15, 0.2) is 60.9 Å². The van der Waals surface area contributed by atoms with E-state index in [9.17, 15) is 4.79 Å². The van der Waals surface area contributed by atoms with E-state index in [-0.39, 0.29) is 6.54 Å². The Hall–Kier alpha value is -3.98. The van der Waals surface area contributed by atoms with Gasteiger partial charge in [0.15, 0.2) is 11.5 Å². The molecule has 0 spiro atoms. The summed E-state index contributed by atoms with van der Waals surface area (Å²) >= 11 is 1.56. The molecule has 2 aromatic carbocycles. The zero-order valence-corrected chi connectivity index (χ0v) is 21.7. The molecule has 0 fully saturated rings. The van der Waals surface area contributed by atoms with Gasteiger partial charge >= 0.3 is 6.09 Å². The fourth-order valence-electron chi connectivity index (χ4n) is 3.91. The Morgan fingerprint density at radius 3 is 2.44 bits per heavy atom. The molecule has 1 amide bonds. The van der Waals surface area contributed by atoms with Crippen molar-refractivity contribution < 1.29 is 14.3 Å². The third kappa shape index (κ3) is 4.61. The molecule has 8 nitrogen and oxygen atoms in total. The van der Waals surface area contributed by atoms with Crippen LogP contribution in [0.5, 0.6) is 5.75 Å². The molecule has 0 radical (unpaired) electrons. The van der Waals surface area contributed by atoms with Gasteiger partial charge in [0, 0.05) is 12.6 Å². The van der Waals surface area contributed by atoms with E-state index in [0.717, 1.165) is 32.1 Å². The summed E-state index contributed by atoms with van der Waals surface area (Å²) in [4.78, 5) is 29.3. The molecule has 0 N–H and O–H groups in total. The van der Waals surface area contributed by atoms with Gasteiger partial charge in [-0.1, -0.05) is 42.5 Å². The van der Waals surface area contributed by atoms with Gasteiger partial charge in [-0.3, -0.25) is 4.90 Å². The third-order valence-electron chi connectivity index (χ3n) is 5.58. The minimum atomic E-state index is -0.677. The second-order valence-electron chi connectivity index (χ2n) is 9.44. The molecule has 5 aromatic rings. The van der Waals surface area contributed by atoms with Gasteiger partial charge in [0.05, 0.1) is 25.5 Å². The summed E-state index contributed by atoms with van der Waals surface area (Å²) in [5, 5.41) is 0.858. The molecule has 0 aliphatic rings. The number of benzene rings is 2. The lowest BCUT2D eigenvalue weighted by Crippen LogP contribution is -2.37. The number of amides is 1. The van der Waals surface area contributed by atoms with E-state index in [2.05, 4.69) is 4.98 Å². The van der Waals surface area contributed by atoms with Gasteiger partial charge in [-0.2, -0.15) is 0 Å². The van der Waals surface area contributed by atoms with Crippen LogP contribution in [0, 0.1) is 0 Å². The van der Waals surface area contributed by atoms with Crippen molar-refractivity contribution in [2.75, 3.05) is 12.0 Å². The quantitative estimate of drug-likeness (QED) is 0.285. The van der Waals surface area contributed by atoms with Crippen molar-refractivity contribution in [3.8, 4) is 16.3 Å². The summed E-state index contributed by atoms with van der Waals surface area (Å²) in [6, 6.07) is 17.6. The van der Waals surface area contributed by atoms with E-state index in [4.69, 9.17) is 19.4 Å². The number of methoxy groups -OCH3 is 1. The molecular formula is C27H27N5O3S. The number of fused-ring (bicyclic) bond motifs is 3. The van der Waals surface area contributed by atoms with E-state index in [0.29, 0.717) is 17.0 Å². The maximum absolute atomic E-state index is 13.5. The minimum Gasteiger partial charge on any atom is -0.497 e. The molecular weight excluding hydrogens is 474 g/mol. The van der Waals surface area contributed by atoms with Crippen molar-refractivity contribution in [1.29, 1.82) is 0 Å². The molecule has 0 aliphatic heterocycles. The highest BCUT2D eigenvalue weighted by atomic mass is 32.1. The number of aryl methyl sites for hydroxylation is 1. The SMILES string of the molecule is COc1ccc(CN(C(=O)OC(C)(C)C)c2nc3nc(-c4ccccc4)sc3c3c2ncn3C)cc1. The number of thiazole rings is 1. The molecule has 0 unspecified atom stereocenters. The predicted octanol–water partition coefficient (Wildman–Crippen LogP) is 6.20. The molecule has 184 valence electrons. The molecule has 0 bridgehead atoms. The van der Waals surface area contributed by atoms with Crippen LogP contribution in [-0.2, 0) is 18.3 Å². The van der Waals surface area contributed by atoms with Crippen LogP contribution in [0.3, 0.4) is 0 Å². The monoisotopic (exact) mass is 501 g/mol. The summed E-state index contributed by atoms with van der Waals surface area (Å²) in [6.07, 6.45) is 1.23. The van der Waals surface area contributed by atoms with Gasteiger partial charge in [-0.15, -0.1) is 11.3 Å². The number of ether oxygens (including phenoxy) is 2. The smallest absolute Gasteiger partial charge is 0.416 e. The summed E-state index contributed by atoms with van der Waals surface area (Å²) in [7, 11) is 3.55. The van der Waals surface area contributed by atoms with Gasteiger partial charge < -0.3 is 14.0 Å². The number of carbonyl (C=O) groups excluding carboxylic acids is 1. The lowest BCUT2D eigenvalue weighted by molar-refractivity contribution is 0.0577. The largest absolute Gasteiger partial charge is 0.497 e. The molecule has 0 atom stereocenters. The average Bonchev–Trinajstić information content (AvgIpc) is 3.45. The summed E-state index contributed by atoms with van der Waals surface area (Å²) in [5.74, 6) is 1.15. The normalized spacial score (nSPS) is 11.7. The fraction of sp³-hybridized carbons (Fsp3) is 0.259. The zero-order valence-electron chi connectivity index (χ0n) is 20.8. The Kier molecular flexibility index (Phi) is 6.09. The van der Waals surface area contributed by atoms with Crippen LogP contribution in [0.1, 0.15) is 26.3 Å². The van der Waals surface area contributed by atoms with Crippen LogP contribution in [0.25, 0.3) is 32.0 Å². The molecule has 0 saturated heterocycles. The van der Waals surface area contributed by atoms with E-state index < -0.39 is 11.7 Å². The van der Waals surface area contributed by atoms with Crippen LogP contribution in [0.4, 0.5) is 10.6 Å². The maximum atomic E-state index is 13.5. The second-order valence-corrected chi connectivity index (χ2v) is 10.4. The van der Waals surface area contributed by atoms with Crippen LogP contribution in [0.2, 0.25) is 0 Å². The van der Waals surface area contributed by atoms with E-state index in [1.54, 1.807) is 24.8 Å². The predicted molar refractivity (Wildman–Crippen MR) is 143 cm³/mol. The fourth-order valence-corrected chi connectivity index (χ4v) is 5.01. The lowest BCUT2D eigenvalue weighted by Gasteiger charge is -2.27. The Labute approximate surface area is 213 Å². The van der Waals surface area contributed by atoms with Crippen molar-refractivity contribution in [2.45, 2.75) is 32.9 Å². The van der Waals surface area contributed by atoms with Gasteiger partial charge in [-0.25, -0.2) is 19.7 Å². The van der Waals surface area contributed by atoms with Gasteiger partial charge in [0.2, 0.25) is 0 Å².